The summed E-state index contributed by atoms with van der Waals surface area (Å²) in [6, 6.07) is 2.15. The molecule has 0 aliphatic carbocycles. The van der Waals surface area contributed by atoms with Gasteiger partial charge in [-0.3, -0.25) is 4.68 Å². The first-order valence-electron chi connectivity index (χ1n) is 5.08. The number of hydrogen-bond acceptors (Lipinski definition) is 3. The van der Waals surface area contributed by atoms with Gasteiger partial charge < -0.3 is 5.32 Å². The number of nitrogens with one attached hydrogen (secondary N) is 1. The van der Waals surface area contributed by atoms with E-state index in [1.807, 2.05) is 18.7 Å². The fourth-order valence-corrected chi connectivity index (χ4v) is 2.81. The van der Waals surface area contributed by atoms with Crippen LogP contribution >= 0.6 is 27.3 Å². The van der Waals surface area contributed by atoms with E-state index in [2.05, 4.69) is 44.0 Å². The molecular formula is C11H14BrN3S. The topological polar surface area (TPSA) is 29.9 Å². The molecule has 0 aliphatic heterocycles. The van der Waals surface area contributed by atoms with E-state index in [0.29, 0.717) is 0 Å². The maximum atomic E-state index is 4.31. The lowest BCUT2D eigenvalue weighted by Crippen LogP contribution is -2.12. The van der Waals surface area contributed by atoms with Crippen LogP contribution in [-0.4, -0.2) is 9.78 Å². The van der Waals surface area contributed by atoms with Gasteiger partial charge in [-0.2, -0.15) is 5.10 Å². The van der Waals surface area contributed by atoms with Crippen LogP contribution in [-0.2, 0) is 20.1 Å². The summed E-state index contributed by atoms with van der Waals surface area (Å²) in [6.07, 6.45) is 2.06. The molecule has 2 aromatic rings. The van der Waals surface area contributed by atoms with Crippen molar-refractivity contribution in [3.8, 4) is 0 Å². The van der Waals surface area contributed by atoms with E-state index in [4.69, 9.17) is 0 Å². The second kappa shape index (κ2) is 5.12. The van der Waals surface area contributed by atoms with Gasteiger partial charge in [0.05, 0.1) is 9.48 Å². The molecule has 0 spiro atoms. The molecule has 2 aromatic heterocycles. The molecule has 0 amide bonds. The van der Waals surface area contributed by atoms with Gasteiger partial charge >= 0.3 is 0 Å². The SMILES string of the molecule is Cc1nn(C)cc1CNCc1csc(Br)c1. The predicted molar refractivity (Wildman–Crippen MR) is 70.5 cm³/mol. The Morgan fingerprint density at radius 1 is 1.50 bits per heavy atom. The molecular weight excluding hydrogens is 286 g/mol. The van der Waals surface area contributed by atoms with Gasteiger partial charge in [0.2, 0.25) is 0 Å². The van der Waals surface area contributed by atoms with Crippen molar-refractivity contribution in [2.45, 2.75) is 20.0 Å². The normalized spacial score (nSPS) is 10.9. The smallest absolute Gasteiger partial charge is 0.0701 e. The summed E-state index contributed by atoms with van der Waals surface area (Å²) < 4.78 is 3.04. The number of halogens is 1. The average molecular weight is 300 g/mol. The summed E-state index contributed by atoms with van der Waals surface area (Å²) >= 11 is 5.18. The van der Waals surface area contributed by atoms with Crippen LogP contribution in [0, 0.1) is 6.92 Å². The van der Waals surface area contributed by atoms with Gasteiger partial charge in [0, 0.05) is 31.9 Å². The number of aromatic nitrogens is 2. The van der Waals surface area contributed by atoms with Crippen LogP contribution in [0.3, 0.4) is 0 Å². The van der Waals surface area contributed by atoms with E-state index >= 15 is 0 Å². The van der Waals surface area contributed by atoms with Gasteiger partial charge in [-0.15, -0.1) is 11.3 Å². The Hall–Kier alpha value is -0.650. The lowest BCUT2D eigenvalue weighted by atomic mass is 10.2. The first-order valence-corrected chi connectivity index (χ1v) is 6.75. The summed E-state index contributed by atoms with van der Waals surface area (Å²) in [6.45, 7) is 3.81. The van der Waals surface area contributed by atoms with Gasteiger partial charge in [-0.25, -0.2) is 0 Å². The summed E-state index contributed by atoms with van der Waals surface area (Å²) in [5, 5.41) is 9.89. The van der Waals surface area contributed by atoms with Gasteiger partial charge in [0.15, 0.2) is 0 Å². The molecule has 0 aliphatic rings. The van der Waals surface area contributed by atoms with Crippen molar-refractivity contribution in [3.63, 3.8) is 0 Å². The van der Waals surface area contributed by atoms with Gasteiger partial charge in [0.25, 0.3) is 0 Å². The van der Waals surface area contributed by atoms with E-state index in [-0.39, 0.29) is 0 Å². The standard InChI is InChI=1S/C11H14BrN3S/c1-8-10(6-15(2)14-8)5-13-4-9-3-11(12)16-7-9/h3,6-7,13H,4-5H2,1-2H3. The summed E-state index contributed by atoms with van der Waals surface area (Å²) in [5.74, 6) is 0. The van der Waals surface area contributed by atoms with Crippen molar-refractivity contribution in [1.29, 1.82) is 0 Å². The van der Waals surface area contributed by atoms with Crippen LogP contribution in [0.15, 0.2) is 21.4 Å². The zero-order valence-corrected chi connectivity index (χ0v) is 11.7. The van der Waals surface area contributed by atoms with Crippen LogP contribution < -0.4 is 5.32 Å². The molecule has 1 N–H and O–H groups in total. The van der Waals surface area contributed by atoms with E-state index in [9.17, 15) is 0 Å². The molecule has 0 fully saturated rings. The highest BCUT2D eigenvalue weighted by atomic mass is 79.9. The first kappa shape index (κ1) is 11.8. The van der Waals surface area contributed by atoms with Crippen LogP contribution in [0.5, 0.6) is 0 Å². The highest BCUT2D eigenvalue weighted by molar-refractivity contribution is 9.11. The number of rotatable bonds is 4. The summed E-state index contributed by atoms with van der Waals surface area (Å²) in [5.41, 5.74) is 3.68. The molecule has 16 heavy (non-hydrogen) atoms. The third-order valence-corrected chi connectivity index (χ3v) is 3.93. The highest BCUT2D eigenvalue weighted by Crippen LogP contribution is 2.20. The van der Waals surface area contributed by atoms with Crippen molar-refractivity contribution in [2.75, 3.05) is 0 Å². The summed E-state index contributed by atoms with van der Waals surface area (Å²) in [7, 11) is 1.95. The molecule has 5 heteroatoms. The number of hydrogen-bond donors (Lipinski definition) is 1. The molecule has 0 aromatic carbocycles. The quantitative estimate of drug-likeness (QED) is 0.941. The third kappa shape index (κ3) is 2.93. The predicted octanol–water partition coefficient (Wildman–Crippen LogP) is 2.84. The van der Waals surface area contributed by atoms with Gasteiger partial charge in [-0.05, 0) is 39.9 Å². The molecule has 86 valence electrons. The van der Waals surface area contributed by atoms with Gasteiger partial charge in [-0.1, -0.05) is 0 Å². The largest absolute Gasteiger partial charge is 0.308 e. The minimum atomic E-state index is 0.868. The highest BCUT2D eigenvalue weighted by Gasteiger charge is 2.02. The molecule has 0 saturated carbocycles. The minimum absolute atomic E-state index is 0.868. The van der Waals surface area contributed by atoms with E-state index in [1.165, 1.54) is 14.9 Å². The molecule has 0 saturated heterocycles. The van der Waals surface area contributed by atoms with Crippen LogP contribution in [0.1, 0.15) is 16.8 Å². The molecule has 2 heterocycles. The average Bonchev–Trinajstić information content (AvgIpc) is 2.74. The molecule has 3 nitrogen and oxygen atoms in total. The van der Waals surface area contributed by atoms with Crippen LogP contribution in [0.2, 0.25) is 0 Å². The molecule has 0 unspecified atom stereocenters. The Labute approximate surface area is 108 Å². The van der Waals surface area contributed by atoms with Crippen molar-refractivity contribution in [3.05, 3.63) is 38.3 Å². The second-order valence-corrected chi connectivity index (χ2v) is 6.07. The lowest BCUT2D eigenvalue weighted by Gasteiger charge is -2.01. The number of aryl methyl sites for hydroxylation is 2. The zero-order chi connectivity index (χ0) is 11.5. The number of nitrogens with zero attached hydrogens (tertiary/aromatic N) is 2. The Kier molecular flexibility index (Phi) is 3.78. The molecule has 0 atom stereocenters. The maximum absolute atomic E-state index is 4.31. The molecule has 0 bridgehead atoms. The van der Waals surface area contributed by atoms with Crippen LogP contribution in [0.25, 0.3) is 0 Å². The monoisotopic (exact) mass is 299 g/mol. The molecule has 2 rings (SSSR count). The fraction of sp³-hybridized carbons (Fsp3) is 0.364. The van der Waals surface area contributed by atoms with E-state index in [1.54, 1.807) is 11.3 Å². The van der Waals surface area contributed by atoms with Crippen molar-refractivity contribution >= 4 is 27.3 Å². The van der Waals surface area contributed by atoms with Crippen molar-refractivity contribution < 1.29 is 0 Å². The Morgan fingerprint density at radius 2 is 2.31 bits per heavy atom. The number of thiophene rings is 1. The zero-order valence-electron chi connectivity index (χ0n) is 9.33. The Balaban J connectivity index is 1.86. The Morgan fingerprint density at radius 3 is 2.88 bits per heavy atom. The Bertz CT molecular complexity index is 475. The van der Waals surface area contributed by atoms with Crippen molar-refractivity contribution in [2.24, 2.45) is 7.05 Å². The first-order chi connectivity index (χ1) is 7.65. The fourth-order valence-electron chi connectivity index (χ4n) is 1.60. The summed E-state index contributed by atoms with van der Waals surface area (Å²) in [4.78, 5) is 0. The second-order valence-electron chi connectivity index (χ2n) is 3.78. The van der Waals surface area contributed by atoms with Gasteiger partial charge in [0.1, 0.15) is 0 Å². The lowest BCUT2D eigenvalue weighted by molar-refractivity contribution is 0.691. The van der Waals surface area contributed by atoms with Crippen LogP contribution in [0.4, 0.5) is 0 Å². The maximum Gasteiger partial charge on any atom is 0.0701 e. The van der Waals surface area contributed by atoms with E-state index < -0.39 is 0 Å². The van der Waals surface area contributed by atoms with Crippen molar-refractivity contribution in [1.82, 2.24) is 15.1 Å². The third-order valence-electron chi connectivity index (χ3n) is 2.38. The minimum Gasteiger partial charge on any atom is -0.308 e. The van der Waals surface area contributed by atoms with E-state index in [0.717, 1.165) is 18.8 Å². The molecule has 0 radical (unpaired) electrons.